The van der Waals surface area contributed by atoms with Crippen molar-refractivity contribution in [1.82, 2.24) is 24.9 Å². The first-order chi connectivity index (χ1) is 25.1. The number of carbonyl (C=O) groups excluding carboxylic acids is 4. The first-order valence-electron chi connectivity index (χ1n) is 18.7. The predicted molar refractivity (Wildman–Crippen MR) is 197 cm³/mol. The molecule has 8 rings (SSSR count). The second kappa shape index (κ2) is 13.6. The Morgan fingerprint density at radius 2 is 1.67 bits per heavy atom. The first-order valence-corrected chi connectivity index (χ1v) is 18.7. The topological polar surface area (TPSA) is 146 Å². The molecule has 6 heterocycles. The Morgan fingerprint density at radius 3 is 2.38 bits per heavy atom. The highest BCUT2D eigenvalue weighted by molar-refractivity contribution is 6.23. The molecular weight excluding hydrogens is 660 g/mol. The molecule has 4 amide bonds. The number of nitrogen functional groups attached to an aromatic ring is 1. The molecule has 274 valence electrons. The molecule has 0 bridgehead atoms. The number of nitrogens with two attached hydrogens (primary N) is 1. The normalized spacial score (nSPS) is 22.7. The summed E-state index contributed by atoms with van der Waals surface area (Å²) in [6, 6.07) is 8.60. The van der Waals surface area contributed by atoms with Crippen LogP contribution in [0.5, 0.6) is 5.75 Å². The van der Waals surface area contributed by atoms with Crippen LogP contribution in [0.1, 0.15) is 72.1 Å². The quantitative estimate of drug-likeness (QED) is 0.275. The maximum atomic E-state index is 13.4. The average molecular weight is 709 g/mol. The Kier molecular flexibility index (Phi) is 8.92. The molecule has 13 nitrogen and oxygen atoms in total. The number of likely N-dealkylation sites (tertiary alicyclic amines) is 1. The van der Waals surface area contributed by atoms with E-state index in [1.807, 2.05) is 42.3 Å². The Hall–Kier alpha value is -4.91. The molecule has 3 N–H and O–H groups in total. The number of ether oxygens (including phenoxy) is 1. The zero-order valence-electron chi connectivity index (χ0n) is 30.1. The summed E-state index contributed by atoms with van der Waals surface area (Å²) in [6.45, 7) is 7.17. The highest BCUT2D eigenvalue weighted by Crippen LogP contribution is 2.43. The number of hydrogen-bond acceptors (Lipinski definition) is 10. The molecule has 0 aliphatic carbocycles. The average Bonchev–Trinajstić information content (AvgIpc) is 3.68. The third-order valence-electron chi connectivity index (χ3n) is 12.2. The lowest BCUT2D eigenvalue weighted by atomic mass is 9.72. The van der Waals surface area contributed by atoms with Crippen LogP contribution in [-0.4, -0.2) is 102 Å². The monoisotopic (exact) mass is 708 g/mol. The minimum atomic E-state index is -0.955. The molecule has 4 fully saturated rings. The number of methoxy groups -OCH3 is 1. The molecule has 1 aromatic heterocycles. The Morgan fingerprint density at radius 1 is 0.904 bits per heavy atom. The van der Waals surface area contributed by atoms with E-state index >= 15 is 0 Å². The van der Waals surface area contributed by atoms with E-state index in [4.69, 9.17) is 10.5 Å². The van der Waals surface area contributed by atoms with Crippen LogP contribution < -0.4 is 25.6 Å². The minimum absolute atomic E-state index is 0.107. The molecule has 5 aliphatic rings. The van der Waals surface area contributed by atoms with Crippen LogP contribution in [0.25, 0.3) is 11.1 Å². The van der Waals surface area contributed by atoms with E-state index < -0.39 is 23.8 Å². The van der Waals surface area contributed by atoms with E-state index in [1.165, 1.54) is 12.8 Å². The molecule has 2 aromatic carbocycles. The number of nitrogens with one attached hydrogen (secondary N) is 1. The van der Waals surface area contributed by atoms with Crippen LogP contribution in [-0.2, 0) is 16.6 Å². The fourth-order valence-electron chi connectivity index (χ4n) is 9.31. The maximum Gasteiger partial charge on any atom is 0.262 e. The summed E-state index contributed by atoms with van der Waals surface area (Å²) in [6.07, 6.45) is 11.1. The third-order valence-corrected chi connectivity index (χ3v) is 12.2. The lowest BCUT2D eigenvalue weighted by Gasteiger charge is -2.49. The molecule has 52 heavy (non-hydrogen) atoms. The SMILES string of the molecule is COc1cc(N2CCC(CN3CCCC4(CCN(c5ccc6c(c5)C(=O)N(C5CCC(=O)NC5=O)C6=O)CC4)C3)CC2)c(-c2cnn(C)c2)cc1N. The van der Waals surface area contributed by atoms with Gasteiger partial charge < -0.3 is 25.2 Å². The molecule has 0 radical (unpaired) electrons. The Labute approximate surface area is 304 Å². The van der Waals surface area contributed by atoms with Crippen LogP contribution in [0.3, 0.4) is 0 Å². The summed E-state index contributed by atoms with van der Waals surface area (Å²) in [5.74, 6) is -0.542. The van der Waals surface area contributed by atoms with Gasteiger partial charge in [-0.1, -0.05) is 0 Å². The summed E-state index contributed by atoms with van der Waals surface area (Å²) in [7, 11) is 3.59. The number of amides is 4. The summed E-state index contributed by atoms with van der Waals surface area (Å²) >= 11 is 0. The maximum absolute atomic E-state index is 13.4. The van der Waals surface area contributed by atoms with Crippen LogP contribution >= 0.6 is 0 Å². The van der Waals surface area contributed by atoms with Crippen molar-refractivity contribution < 1.29 is 23.9 Å². The number of benzene rings is 2. The molecule has 3 aromatic rings. The number of anilines is 3. The molecule has 1 unspecified atom stereocenters. The summed E-state index contributed by atoms with van der Waals surface area (Å²) in [4.78, 5) is 59.3. The van der Waals surface area contributed by atoms with Gasteiger partial charge in [-0.15, -0.1) is 0 Å². The third kappa shape index (κ3) is 6.29. The lowest BCUT2D eigenvalue weighted by Crippen LogP contribution is -2.54. The van der Waals surface area contributed by atoms with Gasteiger partial charge in [0.2, 0.25) is 11.8 Å². The molecule has 13 heteroatoms. The van der Waals surface area contributed by atoms with Crippen molar-refractivity contribution in [2.75, 3.05) is 68.5 Å². The second-order valence-corrected chi connectivity index (χ2v) is 15.4. The van der Waals surface area contributed by atoms with Gasteiger partial charge in [-0.25, -0.2) is 0 Å². The van der Waals surface area contributed by atoms with Crippen molar-refractivity contribution in [3.8, 4) is 16.9 Å². The van der Waals surface area contributed by atoms with E-state index in [9.17, 15) is 19.2 Å². The molecule has 4 saturated heterocycles. The number of aryl methyl sites for hydroxylation is 1. The van der Waals surface area contributed by atoms with Gasteiger partial charge in [0.15, 0.2) is 0 Å². The standard InChI is InChI=1S/C39H48N8O5/c1-43-23-26(21-41-43)29-19-31(40)34(52-2)20-33(29)46-14-8-25(9-15-46)22-44-13-3-10-39(24-44)11-16-45(17-12-39)27-4-5-28-30(18-27)38(51)47(37(28)50)32-6-7-35(48)42-36(32)49/h4-5,18-21,23,25,32H,3,6-17,22,24,40H2,1-2H3,(H,42,48,49). The van der Waals surface area contributed by atoms with Crippen molar-refractivity contribution in [2.24, 2.45) is 18.4 Å². The number of fused-ring (bicyclic) bond motifs is 1. The largest absolute Gasteiger partial charge is 0.495 e. The number of imide groups is 2. The van der Waals surface area contributed by atoms with Gasteiger partial charge in [0.25, 0.3) is 11.8 Å². The number of nitrogens with zero attached hydrogens (tertiary/aromatic N) is 6. The van der Waals surface area contributed by atoms with Crippen LogP contribution in [0.4, 0.5) is 17.1 Å². The van der Waals surface area contributed by atoms with Gasteiger partial charge in [0.05, 0.1) is 30.1 Å². The minimum Gasteiger partial charge on any atom is -0.495 e. The van der Waals surface area contributed by atoms with Gasteiger partial charge in [0.1, 0.15) is 11.8 Å². The molecule has 1 atom stereocenters. The van der Waals surface area contributed by atoms with Crippen molar-refractivity contribution in [1.29, 1.82) is 0 Å². The number of piperidine rings is 4. The highest BCUT2D eigenvalue weighted by Gasteiger charge is 2.45. The fraction of sp³-hybridized carbons (Fsp3) is 0.513. The van der Waals surface area contributed by atoms with Crippen molar-refractivity contribution >= 4 is 40.7 Å². The molecule has 1 spiro atoms. The lowest BCUT2D eigenvalue weighted by molar-refractivity contribution is -0.136. The van der Waals surface area contributed by atoms with E-state index in [0.717, 1.165) is 98.9 Å². The number of rotatable bonds is 7. The fourth-order valence-corrected chi connectivity index (χ4v) is 9.31. The summed E-state index contributed by atoms with van der Waals surface area (Å²) in [5.41, 5.74) is 12.1. The summed E-state index contributed by atoms with van der Waals surface area (Å²) in [5, 5.41) is 6.66. The smallest absolute Gasteiger partial charge is 0.262 e. The van der Waals surface area contributed by atoms with Gasteiger partial charge in [-0.2, -0.15) is 5.10 Å². The Balaban J connectivity index is 0.871. The molecule has 5 aliphatic heterocycles. The highest BCUT2D eigenvalue weighted by atomic mass is 16.5. The van der Waals surface area contributed by atoms with E-state index in [1.54, 1.807) is 13.2 Å². The molecular formula is C39H48N8O5. The van der Waals surface area contributed by atoms with Crippen molar-refractivity contribution in [3.63, 3.8) is 0 Å². The number of aromatic nitrogens is 2. The zero-order valence-corrected chi connectivity index (χ0v) is 30.1. The van der Waals surface area contributed by atoms with E-state index in [2.05, 4.69) is 31.2 Å². The second-order valence-electron chi connectivity index (χ2n) is 15.4. The van der Waals surface area contributed by atoms with Gasteiger partial charge in [-0.05, 0) is 87.1 Å². The number of hydrogen-bond donors (Lipinski definition) is 2. The van der Waals surface area contributed by atoms with E-state index in [-0.39, 0.29) is 18.7 Å². The van der Waals surface area contributed by atoms with Crippen LogP contribution in [0.15, 0.2) is 42.7 Å². The molecule has 0 saturated carbocycles. The van der Waals surface area contributed by atoms with Gasteiger partial charge in [0, 0.05) is 87.5 Å². The van der Waals surface area contributed by atoms with Gasteiger partial charge in [-0.3, -0.25) is 34.1 Å². The Bertz CT molecular complexity index is 1910. The summed E-state index contributed by atoms with van der Waals surface area (Å²) < 4.78 is 7.43. The first kappa shape index (κ1) is 34.2. The van der Waals surface area contributed by atoms with Gasteiger partial charge >= 0.3 is 0 Å². The van der Waals surface area contributed by atoms with Crippen LogP contribution in [0.2, 0.25) is 0 Å². The van der Waals surface area contributed by atoms with Crippen molar-refractivity contribution in [2.45, 2.75) is 57.4 Å². The van der Waals surface area contributed by atoms with Crippen molar-refractivity contribution in [3.05, 3.63) is 53.9 Å². The van der Waals surface area contributed by atoms with Crippen LogP contribution in [0, 0.1) is 11.3 Å². The zero-order chi connectivity index (χ0) is 36.1. The van der Waals surface area contributed by atoms with E-state index in [0.29, 0.717) is 33.9 Å². The predicted octanol–water partition coefficient (Wildman–Crippen LogP) is 3.68. The number of carbonyl (C=O) groups is 4.